The molecule has 0 radical (unpaired) electrons. The molecule has 2 nitrogen and oxygen atoms in total. The molecule has 0 fully saturated rings. The maximum Gasteiger partial charge on any atom is 0.123 e. The van der Waals surface area contributed by atoms with Crippen LogP contribution in [0.4, 0.5) is 4.39 Å². The van der Waals surface area contributed by atoms with E-state index in [1.807, 2.05) is 32.0 Å². The van der Waals surface area contributed by atoms with Crippen molar-refractivity contribution in [3.8, 4) is 0 Å². The Balaban J connectivity index is 2.52. The predicted octanol–water partition coefficient (Wildman–Crippen LogP) is 3.76. The molecule has 2 aromatic carbocycles. The molecule has 0 spiro atoms. The fraction of sp³-hybridized carbons (Fsp3) is 0.200. The van der Waals surface area contributed by atoms with Gasteiger partial charge in [-0.1, -0.05) is 34.1 Å². The van der Waals surface area contributed by atoms with Crippen molar-refractivity contribution in [3.05, 3.63) is 68.9 Å². The molecular formula is C15H16BrFN2. The molecule has 0 saturated carbocycles. The van der Waals surface area contributed by atoms with E-state index in [9.17, 15) is 4.39 Å². The van der Waals surface area contributed by atoms with Crippen LogP contribution < -0.4 is 11.3 Å². The van der Waals surface area contributed by atoms with E-state index in [2.05, 4.69) is 21.4 Å². The maximum absolute atomic E-state index is 13.4. The smallest absolute Gasteiger partial charge is 0.123 e. The average Bonchev–Trinajstić information content (AvgIpc) is 2.36. The van der Waals surface area contributed by atoms with Gasteiger partial charge in [-0.25, -0.2) is 9.82 Å². The molecule has 2 aromatic rings. The van der Waals surface area contributed by atoms with E-state index in [-0.39, 0.29) is 11.9 Å². The predicted molar refractivity (Wildman–Crippen MR) is 79.2 cm³/mol. The van der Waals surface area contributed by atoms with Gasteiger partial charge in [-0.3, -0.25) is 5.84 Å². The van der Waals surface area contributed by atoms with Crippen molar-refractivity contribution in [3.63, 3.8) is 0 Å². The zero-order valence-electron chi connectivity index (χ0n) is 10.9. The molecule has 0 saturated heterocycles. The molecule has 100 valence electrons. The van der Waals surface area contributed by atoms with Gasteiger partial charge in [0.05, 0.1) is 6.04 Å². The molecule has 2 rings (SSSR count). The number of nitrogens with two attached hydrogens (primary N) is 1. The van der Waals surface area contributed by atoms with Gasteiger partial charge in [0, 0.05) is 4.47 Å². The summed E-state index contributed by atoms with van der Waals surface area (Å²) in [6, 6.07) is 10.5. The molecule has 4 heteroatoms. The zero-order valence-corrected chi connectivity index (χ0v) is 12.5. The van der Waals surface area contributed by atoms with Crippen LogP contribution in [0.3, 0.4) is 0 Å². The third kappa shape index (κ3) is 3.03. The standard InChI is InChI=1S/C15H16BrFN2/c1-9-3-6-12(14(16)7-9)15(19-18)13-8-11(17)5-4-10(13)2/h3-8,15,19H,18H2,1-2H3. The van der Waals surface area contributed by atoms with Crippen molar-refractivity contribution < 1.29 is 4.39 Å². The molecule has 19 heavy (non-hydrogen) atoms. The molecule has 0 aliphatic rings. The third-order valence-corrected chi connectivity index (χ3v) is 3.87. The average molecular weight is 323 g/mol. The Kier molecular flexibility index (Phi) is 4.34. The second-order valence-electron chi connectivity index (χ2n) is 4.63. The normalized spacial score (nSPS) is 12.5. The van der Waals surface area contributed by atoms with Crippen LogP contribution >= 0.6 is 15.9 Å². The number of nitrogens with one attached hydrogen (secondary N) is 1. The topological polar surface area (TPSA) is 38.0 Å². The van der Waals surface area contributed by atoms with Crippen molar-refractivity contribution in [2.75, 3.05) is 0 Å². The van der Waals surface area contributed by atoms with Gasteiger partial charge in [0.15, 0.2) is 0 Å². The van der Waals surface area contributed by atoms with E-state index in [4.69, 9.17) is 5.84 Å². The maximum atomic E-state index is 13.4. The molecule has 0 aromatic heterocycles. The zero-order chi connectivity index (χ0) is 14.0. The van der Waals surface area contributed by atoms with E-state index in [1.54, 1.807) is 6.07 Å². The van der Waals surface area contributed by atoms with Crippen molar-refractivity contribution in [2.45, 2.75) is 19.9 Å². The number of rotatable bonds is 3. The second kappa shape index (κ2) is 5.82. The van der Waals surface area contributed by atoms with Crippen LogP contribution in [-0.4, -0.2) is 0 Å². The highest BCUT2D eigenvalue weighted by atomic mass is 79.9. The van der Waals surface area contributed by atoms with E-state index >= 15 is 0 Å². The third-order valence-electron chi connectivity index (χ3n) is 3.19. The Morgan fingerprint density at radius 2 is 1.84 bits per heavy atom. The van der Waals surface area contributed by atoms with Gasteiger partial charge < -0.3 is 0 Å². The van der Waals surface area contributed by atoms with E-state index in [1.165, 1.54) is 12.1 Å². The largest absolute Gasteiger partial charge is 0.271 e. The lowest BCUT2D eigenvalue weighted by Crippen LogP contribution is -2.29. The lowest BCUT2D eigenvalue weighted by atomic mass is 9.95. The monoisotopic (exact) mass is 322 g/mol. The number of aryl methyl sites for hydroxylation is 2. The highest BCUT2D eigenvalue weighted by Gasteiger charge is 2.17. The van der Waals surface area contributed by atoms with Crippen LogP contribution in [0.15, 0.2) is 40.9 Å². The Morgan fingerprint density at radius 1 is 1.11 bits per heavy atom. The molecule has 1 atom stereocenters. The van der Waals surface area contributed by atoms with Gasteiger partial charge in [0.2, 0.25) is 0 Å². The first-order valence-electron chi connectivity index (χ1n) is 6.01. The molecule has 0 aliphatic carbocycles. The fourth-order valence-corrected chi connectivity index (χ4v) is 2.86. The first-order valence-corrected chi connectivity index (χ1v) is 6.80. The van der Waals surface area contributed by atoms with Crippen molar-refractivity contribution in [2.24, 2.45) is 5.84 Å². The fourth-order valence-electron chi connectivity index (χ4n) is 2.14. The van der Waals surface area contributed by atoms with Crippen molar-refractivity contribution in [1.29, 1.82) is 0 Å². The summed E-state index contributed by atoms with van der Waals surface area (Å²) in [5.41, 5.74) is 6.75. The molecule has 0 heterocycles. The lowest BCUT2D eigenvalue weighted by molar-refractivity contribution is 0.601. The Labute approximate surface area is 120 Å². The van der Waals surface area contributed by atoms with Gasteiger partial charge >= 0.3 is 0 Å². The van der Waals surface area contributed by atoms with Gasteiger partial charge in [0.25, 0.3) is 0 Å². The van der Waals surface area contributed by atoms with Crippen LogP contribution in [0.25, 0.3) is 0 Å². The van der Waals surface area contributed by atoms with Crippen LogP contribution in [0.1, 0.15) is 28.3 Å². The number of hydrazine groups is 1. The summed E-state index contributed by atoms with van der Waals surface area (Å²) in [4.78, 5) is 0. The summed E-state index contributed by atoms with van der Waals surface area (Å²) in [6.45, 7) is 3.97. The Morgan fingerprint density at radius 3 is 2.47 bits per heavy atom. The summed E-state index contributed by atoms with van der Waals surface area (Å²) >= 11 is 3.54. The minimum absolute atomic E-state index is 0.245. The minimum atomic E-state index is -0.260. The Bertz CT molecular complexity index is 599. The summed E-state index contributed by atoms with van der Waals surface area (Å²) in [7, 11) is 0. The first-order chi connectivity index (χ1) is 9.02. The van der Waals surface area contributed by atoms with Gasteiger partial charge in [0.1, 0.15) is 5.82 Å². The molecule has 3 N–H and O–H groups in total. The van der Waals surface area contributed by atoms with Gasteiger partial charge in [-0.15, -0.1) is 0 Å². The van der Waals surface area contributed by atoms with Crippen LogP contribution in [0.2, 0.25) is 0 Å². The summed E-state index contributed by atoms with van der Waals surface area (Å²) in [6.07, 6.45) is 0. The molecular weight excluding hydrogens is 307 g/mol. The number of hydrogen-bond acceptors (Lipinski definition) is 2. The van der Waals surface area contributed by atoms with Gasteiger partial charge in [-0.2, -0.15) is 0 Å². The second-order valence-corrected chi connectivity index (χ2v) is 5.48. The van der Waals surface area contributed by atoms with Crippen LogP contribution in [-0.2, 0) is 0 Å². The minimum Gasteiger partial charge on any atom is -0.271 e. The summed E-state index contributed by atoms with van der Waals surface area (Å²) in [5.74, 6) is 5.41. The highest BCUT2D eigenvalue weighted by Crippen LogP contribution is 2.30. The van der Waals surface area contributed by atoms with Gasteiger partial charge in [-0.05, 0) is 54.3 Å². The molecule has 1 unspecified atom stereocenters. The van der Waals surface area contributed by atoms with Crippen molar-refractivity contribution in [1.82, 2.24) is 5.43 Å². The first kappa shape index (κ1) is 14.2. The highest BCUT2D eigenvalue weighted by molar-refractivity contribution is 9.10. The van der Waals surface area contributed by atoms with E-state index in [0.29, 0.717) is 0 Å². The number of benzene rings is 2. The molecule has 0 aliphatic heterocycles. The van der Waals surface area contributed by atoms with Crippen LogP contribution in [0, 0.1) is 19.7 Å². The molecule has 0 bridgehead atoms. The quantitative estimate of drug-likeness (QED) is 0.667. The SMILES string of the molecule is Cc1ccc(C(NN)c2cc(F)ccc2C)c(Br)c1. The number of hydrogen-bond donors (Lipinski definition) is 2. The summed E-state index contributed by atoms with van der Waals surface area (Å²) < 4.78 is 14.4. The van der Waals surface area contributed by atoms with E-state index in [0.717, 1.165) is 26.7 Å². The van der Waals surface area contributed by atoms with Crippen molar-refractivity contribution >= 4 is 15.9 Å². The lowest BCUT2D eigenvalue weighted by Gasteiger charge is -2.20. The summed E-state index contributed by atoms with van der Waals surface area (Å²) in [5, 5.41) is 0. The Hall–Kier alpha value is -1.23. The molecule has 0 amide bonds. The van der Waals surface area contributed by atoms with E-state index < -0.39 is 0 Å². The number of halogens is 2. The van der Waals surface area contributed by atoms with Crippen LogP contribution in [0.5, 0.6) is 0 Å².